The van der Waals surface area contributed by atoms with E-state index in [1.807, 2.05) is 74.9 Å². The highest BCUT2D eigenvalue weighted by atomic mass is 35.5. The predicted octanol–water partition coefficient (Wildman–Crippen LogP) is 5.38. The number of benzene rings is 2. The van der Waals surface area contributed by atoms with Crippen molar-refractivity contribution in [2.75, 3.05) is 5.32 Å². The summed E-state index contributed by atoms with van der Waals surface area (Å²) in [5.74, 6) is -0.120. The van der Waals surface area contributed by atoms with Crippen LogP contribution >= 0.6 is 11.6 Å². The van der Waals surface area contributed by atoms with Gasteiger partial charge in [0.25, 0.3) is 0 Å². The van der Waals surface area contributed by atoms with Crippen molar-refractivity contribution in [1.82, 2.24) is 4.57 Å². The third-order valence-electron chi connectivity index (χ3n) is 5.17. The Morgan fingerprint density at radius 3 is 2.28 bits per heavy atom. The average molecular weight is 409 g/mol. The van der Waals surface area contributed by atoms with Crippen molar-refractivity contribution < 1.29 is 9.59 Å². The molecule has 0 fully saturated rings. The number of amides is 1. The van der Waals surface area contributed by atoms with E-state index in [1.165, 1.54) is 6.92 Å². The molecule has 1 aromatic heterocycles. The van der Waals surface area contributed by atoms with E-state index in [9.17, 15) is 9.59 Å². The molecule has 0 bridgehead atoms. The van der Waals surface area contributed by atoms with Gasteiger partial charge in [-0.1, -0.05) is 47.5 Å². The molecule has 0 saturated heterocycles. The summed E-state index contributed by atoms with van der Waals surface area (Å²) in [5, 5.41) is 3.38. The summed E-state index contributed by atoms with van der Waals surface area (Å²) in [5.41, 5.74) is 6.89. The monoisotopic (exact) mass is 408 g/mol. The quantitative estimate of drug-likeness (QED) is 0.576. The number of halogens is 1. The van der Waals surface area contributed by atoms with Gasteiger partial charge < -0.3 is 9.88 Å². The molecule has 3 aromatic rings. The Bertz CT molecular complexity index is 1100. The van der Waals surface area contributed by atoms with Crippen molar-refractivity contribution >= 4 is 29.0 Å². The average Bonchev–Trinajstić information content (AvgIpc) is 2.86. The van der Waals surface area contributed by atoms with Gasteiger partial charge in [0.15, 0.2) is 0 Å². The standard InChI is InChI=1S/C24H25ClN2O2/c1-14-6-11-20(15(2)12-14)24(29)23-16(3)22(25)21(27(23)5)13-18-7-9-19(10-8-18)26-17(4)28/h6-12H,13H2,1-5H3,(H,26,28). The first-order valence-electron chi connectivity index (χ1n) is 9.51. The van der Waals surface area contributed by atoms with E-state index in [0.717, 1.165) is 33.6 Å². The van der Waals surface area contributed by atoms with Crippen LogP contribution in [0.2, 0.25) is 5.02 Å². The molecular weight excluding hydrogens is 384 g/mol. The van der Waals surface area contributed by atoms with Gasteiger partial charge in [0.05, 0.1) is 10.7 Å². The molecular formula is C24H25ClN2O2. The summed E-state index contributed by atoms with van der Waals surface area (Å²) in [7, 11) is 1.89. The first-order chi connectivity index (χ1) is 13.7. The number of aryl methyl sites for hydroxylation is 2. The lowest BCUT2D eigenvalue weighted by molar-refractivity contribution is -0.114. The number of carbonyl (C=O) groups excluding carboxylic acids is 2. The number of nitrogens with zero attached hydrogens (tertiary/aromatic N) is 1. The highest BCUT2D eigenvalue weighted by Gasteiger charge is 2.24. The topological polar surface area (TPSA) is 51.1 Å². The lowest BCUT2D eigenvalue weighted by Crippen LogP contribution is -2.12. The van der Waals surface area contributed by atoms with Crippen molar-refractivity contribution in [3.63, 3.8) is 0 Å². The fourth-order valence-electron chi connectivity index (χ4n) is 3.67. The van der Waals surface area contributed by atoms with Crippen molar-refractivity contribution in [3.05, 3.63) is 86.7 Å². The van der Waals surface area contributed by atoms with Crippen LogP contribution in [0.3, 0.4) is 0 Å². The molecule has 3 rings (SSSR count). The van der Waals surface area contributed by atoms with Crippen LogP contribution < -0.4 is 5.32 Å². The van der Waals surface area contributed by atoms with Crippen molar-refractivity contribution in [1.29, 1.82) is 0 Å². The van der Waals surface area contributed by atoms with Gasteiger partial charge in [-0.2, -0.15) is 0 Å². The Morgan fingerprint density at radius 1 is 1.03 bits per heavy atom. The molecule has 0 aliphatic carbocycles. The van der Waals surface area contributed by atoms with Crippen LogP contribution in [0.4, 0.5) is 5.69 Å². The Morgan fingerprint density at radius 2 is 1.69 bits per heavy atom. The SMILES string of the molecule is CC(=O)Nc1ccc(Cc2c(Cl)c(C)c(C(=O)c3ccc(C)cc3C)n2C)cc1. The van der Waals surface area contributed by atoms with E-state index < -0.39 is 0 Å². The van der Waals surface area contributed by atoms with Crippen molar-refractivity contribution in [3.8, 4) is 0 Å². The Hall–Kier alpha value is -2.85. The minimum absolute atomic E-state index is 0.0170. The Balaban J connectivity index is 1.94. The first kappa shape index (κ1) is 20.9. The van der Waals surface area contributed by atoms with E-state index >= 15 is 0 Å². The second kappa shape index (κ2) is 8.26. The number of hydrogen-bond donors (Lipinski definition) is 1. The third-order valence-corrected chi connectivity index (χ3v) is 5.67. The molecule has 29 heavy (non-hydrogen) atoms. The molecule has 2 aromatic carbocycles. The van der Waals surface area contributed by atoms with Crippen LogP contribution in [0.15, 0.2) is 42.5 Å². The van der Waals surface area contributed by atoms with Crippen LogP contribution in [0.1, 0.15) is 50.9 Å². The summed E-state index contributed by atoms with van der Waals surface area (Å²) in [6.45, 7) is 7.34. The molecule has 5 heteroatoms. The van der Waals surface area contributed by atoms with Gasteiger partial charge in [-0.25, -0.2) is 0 Å². The Kier molecular flexibility index (Phi) is 5.94. The molecule has 0 spiro atoms. The number of aromatic nitrogens is 1. The number of hydrogen-bond acceptors (Lipinski definition) is 2. The molecule has 1 N–H and O–H groups in total. The molecule has 0 atom stereocenters. The van der Waals surface area contributed by atoms with E-state index in [1.54, 1.807) is 0 Å². The highest BCUT2D eigenvalue weighted by molar-refractivity contribution is 6.33. The smallest absolute Gasteiger partial charge is 0.221 e. The van der Waals surface area contributed by atoms with Gasteiger partial charge in [0, 0.05) is 37.3 Å². The molecule has 1 heterocycles. The van der Waals surface area contributed by atoms with Crippen LogP contribution in [0, 0.1) is 20.8 Å². The van der Waals surface area contributed by atoms with Gasteiger partial charge in [0.1, 0.15) is 0 Å². The number of ketones is 1. The Labute approximate surface area is 176 Å². The van der Waals surface area contributed by atoms with E-state index in [2.05, 4.69) is 5.32 Å². The summed E-state index contributed by atoms with van der Waals surface area (Å²) in [4.78, 5) is 24.4. The lowest BCUT2D eigenvalue weighted by atomic mass is 9.99. The zero-order valence-electron chi connectivity index (χ0n) is 17.4. The summed E-state index contributed by atoms with van der Waals surface area (Å²) >= 11 is 6.64. The fraction of sp³-hybridized carbons (Fsp3) is 0.250. The number of carbonyl (C=O) groups is 2. The molecule has 1 amide bonds. The molecule has 4 nitrogen and oxygen atoms in total. The maximum absolute atomic E-state index is 13.3. The van der Waals surface area contributed by atoms with Gasteiger partial charge >= 0.3 is 0 Å². The number of nitrogens with one attached hydrogen (secondary N) is 1. The molecule has 0 aliphatic rings. The van der Waals surface area contributed by atoms with E-state index in [-0.39, 0.29) is 11.7 Å². The molecule has 150 valence electrons. The molecule has 0 aliphatic heterocycles. The summed E-state index contributed by atoms with van der Waals surface area (Å²) in [6.07, 6.45) is 0.594. The maximum Gasteiger partial charge on any atom is 0.221 e. The minimum atomic E-state index is -0.103. The van der Waals surface area contributed by atoms with Crippen molar-refractivity contribution in [2.24, 2.45) is 7.05 Å². The normalized spacial score (nSPS) is 10.8. The molecule has 0 unspecified atom stereocenters. The molecule has 0 radical (unpaired) electrons. The molecule has 0 saturated carbocycles. The van der Waals surface area contributed by atoms with Gasteiger partial charge in [-0.3, -0.25) is 9.59 Å². The van der Waals surface area contributed by atoms with Gasteiger partial charge in [0.2, 0.25) is 11.7 Å². The summed E-state index contributed by atoms with van der Waals surface area (Å²) < 4.78 is 1.90. The first-order valence-corrected chi connectivity index (χ1v) is 9.89. The van der Waals surface area contributed by atoms with E-state index in [4.69, 9.17) is 11.6 Å². The minimum Gasteiger partial charge on any atom is -0.343 e. The predicted molar refractivity (Wildman–Crippen MR) is 118 cm³/mol. The highest BCUT2D eigenvalue weighted by Crippen LogP contribution is 2.31. The van der Waals surface area contributed by atoms with Crippen LogP contribution in [0.5, 0.6) is 0 Å². The van der Waals surface area contributed by atoms with Crippen LogP contribution in [-0.4, -0.2) is 16.3 Å². The zero-order valence-corrected chi connectivity index (χ0v) is 18.1. The second-order valence-corrected chi connectivity index (χ2v) is 7.87. The van der Waals surface area contributed by atoms with E-state index in [0.29, 0.717) is 22.7 Å². The zero-order chi connectivity index (χ0) is 21.3. The van der Waals surface area contributed by atoms with Crippen molar-refractivity contribution in [2.45, 2.75) is 34.1 Å². The van der Waals surface area contributed by atoms with Gasteiger partial charge in [-0.05, 0) is 49.6 Å². The van der Waals surface area contributed by atoms with Crippen LogP contribution in [-0.2, 0) is 18.3 Å². The van der Waals surface area contributed by atoms with Crippen LogP contribution in [0.25, 0.3) is 0 Å². The van der Waals surface area contributed by atoms with Gasteiger partial charge in [-0.15, -0.1) is 0 Å². The lowest BCUT2D eigenvalue weighted by Gasteiger charge is -2.11. The largest absolute Gasteiger partial charge is 0.343 e. The number of rotatable bonds is 5. The summed E-state index contributed by atoms with van der Waals surface area (Å²) in [6, 6.07) is 13.5. The maximum atomic E-state index is 13.3. The number of anilines is 1. The second-order valence-electron chi connectivity index (χ2n) is 7.50. The third kappa shape index (κ3) is 4.28. The fourth-order valence-corrected chi connectivity index (χ4v) is 3.95.